The lowest BCUT2D eigenvalue weighted by atomic mass is 9.96. The summed E-state index contributed by atoms with van der Waals surface area (Å²) >= 11 is 0. The molecule has 1 atom stereocenters. The second-order valence-corrected chi connectivity index (χ2v) is 5.78. The van der Waals surface area contributed by atoms with E-state index in [0.29, 0.717) is 12.6 Å². The van der Waals surface area contributed by atoms with Crippen LogP contribution >= 0.6 is 0 Å². The highest BCUT2D eigenvalue weighted by Gasteiger charge is 2.27. The lowest BCUT2D eigenvalue weighted by Crippen LogP contribution is -2.45. The third kappa shape index (κ3) is 3.80. The van der Waals surface area contributed by atoms with E-state index in [1.54, 1.807) is 0 Å². The Kier molecular flexibility index (Phi) is 4.99. The molecule has 0 spiro atoms. The quantitative estimate of drug-likeness (QED) is 0.859. The van der Waals surface area contributed by atoms with Crippen molar-refractivity contribution in [3.05, 3.63) is 18.0 Å². The third-order valence-electron chi connectivity index (χ3n) is 4.11. The first-order valence-electron chi connectivity index (χ1n) is 7.55. The summed E-state index contributed by atoms with van der Waals surface area (Å²) in [6.45, 7) is 9.28. The molecule has 1 saturated heterocycles. The molecule has 108 valence electrons. The Morgan fingerprint density at radius 1 is 1.47 bits per heavy atom. The maximum Gasteiger partial charge on any atom is 0.0914 e. The molecule has 0 amide bonds. The van der Waals surface area contributed by atoms with Gasteiger partial charge in [-0.15, -0.1) is 0 Å². The molecule has 1 N–H and O–H groups in total. The molecule has 0 aromatic carbocycles. The van der Waals surface area contributed by atoms with Crippen LogP contribution in [0.4, 0.5) is 0 Å². The van der Waals surface area contributed by atoms with Crippen LogP contribution < -0.4 is 5.32 Å². The Bertz CT molecular complexity index is 378. The first kappa shape index (κ1) is 14.5. The summed E-state index contributed by atoms with van der Waals surface area (Å²) in [5.74, 6) is 0. The van der Waals surface area contributed by atoms with E-state index in [-0.39, 0.29) is 5.60 Å². The molecule has 1 unspecified atom stereocenters. The van der Waals surface area contributed by atoms with Gasteiger partial charge >= 0.3 is 0 Å². The zero-order valence-corrected chi connectivity index (χ0v) is 12.5. The summed E-state index contributed by atoms with van der Waals surface area (Å²) in [6, 6.07) is 2.60. The molecule has 0 aliphatic carbocycles. The number of hydrogen-bond acceptors (Lipinski definition) is 3. The topological polar surface area (TPSA) is 39.1 Å². The van der Waals surface area contributed by atoms with Gasteiger partial charge in [-0.1, -0.05) is 13.8 Å². The molecule has 1 aromatic heterocycles. The smallest absolute Gasteiger partial charge is 0.0914 e. The van der Waals surface area contributed by atoms with Gasteiger partial charge in [0, 0.05) is 12.7 Å². The van der Waals surface area contributed by atoms with Crippen molar-refractivity contribution in [3.8, 4) is 0 Å². The van der Waals surface area contributed by atoms with Crippen LogP contribution in [-0.2, 0) is 11.3 Å². The largest absolute Gasteiger partial charge is 0.368 e. The average Bonchev–Trinajstić information content (AvgIpc) is 2.88. The first-order valence-corrected chi connectivity index (χ1v) is 7.55. The van der Waals surface area contributed by atoms with Crippen molar-refractivity contribution in [1.82, 2.24) is 15.1 Å². The number of rotatable bonds is 6. The fourth-order valence-electron chi connectivity index (χ4n) is 2.72. The fourth-order valence-corrected chi connectivity index (χ4v) is 2.72. The lowest BCUT2D eigenvalue weighted by molar-refractivity contribution is -0.0585. The molecular formula is C15H27N3O. The Balaban J connectivity index is 1.89. The van der Waals surface area contributed by atoms with Crippen LogP contribution in [0.1, 0.15) is 58.2 Å². The van der Waals surface area contributed by atoms with E-state index in [1.807, 2.05) is 0 Å². The van der Waals surface area contributed by atoms with Crippen LogP contribution in [0.25, 0.3) is 0 Å². The summed E-state index contributed by atoms with van der Waals surface area (Å²) in [5, 5.41) is 8.04. The molecule has 19 heavy (non-hydrogen) atoms. The maximum absolute atomic E-state index is 6.08. The van der Waals surface area contributed by atoms with Gasteiger partial charge in [0.2, 0.25) is 0 Å². The molecule has 4 heteroatoms. The van der Waals surface area contributed by atoms with Gasteiger partial charge in [0.05, 0.1) is 23.9 Å². The van der Waals surface area contributed by atoms with Crippen LogP contribution in [0.5, 0.6) is 0 Å². The molecule has 0 bridgehead atoms. The Morgan fingerprint density at radius 2 is 2.26 bits per heavy atom. The second-order valence-electron chi connectivity index (χ2n) is 5.78. The maximum atomic E-state index is 6.08. The minimum atomic E-state index is -0.0308. The number of nitrogens with zero attached hydrogens (tertiary/aromatic N) is 2. The van der Waals surface area contributed by atoms with Crippen LogP contribution in [0.15, 0.2) is 12.3 Å². The SMILES string of the molecule is CCC(CC)n1ccc(COC2(C)CCCNC2)n1. The van der Waals surface area contributed by atoms with E-state index in [0.717, 1.165) is 38.0 Å². The zero-order chi connectivity index (χ0) is 13.7. The van der Waals surface area contributed by atoms with Crippen molar-refractivity contribution < 1.29 is 4.74 Å². The van der Waals surface area contributed by atoms with Crippen molar-refractivity contribution in [2.24, 2.45) is 0 Å². The predicted octanol–water partition coefficient (Wildman–Crippen LogP) is 2.90. The molecule has 1 aliphatic heterocycles. The van der Waals surface area contributed by atoms with Gasteiger partial charge in [-0.3, -0.25) is 4.68 Å². The van der Waals surface area contributed by atoms with Crippen LogP contribution in [-0.4, -0.2) is 28.5 Å². The molecule has 0 saturated carbocycles. The van der Waals surface area contributed by atoms with Gasteiger partial charge in [0.1, 0.15) is 0 Å². The van der Waals surface area contributed by atoms with Crippen molar-refractivity contribution in [1.29, 1.82) is 0 Å². The molecule has 1 fully saturated rings. The van der Waals surface area contributed by atoms with Crippen molar-refractivity contribution in [2.75, 3.05) is 13.1 Å². The van der Waals surface area contributed by atoms with Gasteiger partial charge in [0.15, 0.2) is 0 Å². The van der Waals surface area contributed by atoms with Crippen LogP contribution in [0.3, 0.4) is 0 Å². The molecular weight excluding hydrogens is 238 g/mol. The zero-order valence-electron chi connectivity index (χ0n) is 12.5. The number of ether oxygens (including phenoxy) is 1. The van der Waals surface area contributed by atoms with Crippen LogP contribution in [0.2, 0.25) is 0 Å². The molecule has 1 aromatic rings. The number of aromatic nitrogens is 2. The normalized spacial score (nSPS) is 24.0. The minimum absolute atomic E-state index is 0.0308. The van der Waals surface area contributed by atoms with Crippen molar-refractivity contribution >= 4 is 0 Å². The summed E-state index contributed by atoms with van der Waals surface area (Å²) in [5.41, 5.74) is 1.01. The van der Waals surface area contributed by atoms with Gasteiger partial charge in [-0.25, -0.2) is 0 Å². The Hall–Kier alpha value is -0.870. The summed E-state index contributed by atoms with van der Waals surface area (Å²) in [6.07, 6.45) is 6.66. The first-order chi connectivity index (χ1) is 9.17. The average molecular weight is 265 g/mol. The van der Waals surface area contributed by atoms with Crippen molar-refractivity contribution in [3.63, 3.8) is 0 Å². The third-order valence-corrected chi connectivity index (χ3v) is 4.11. The van der Waals surface area contributed by atoms with Crippen molar-refractivity contribution in [2.45, 2.75) is 64.7 Å². The van der Waals surface area contributed by atoms with E-state index in [9.17, 15) is 0 Å². The molecule has 1 aliphatic rings. The van der Waals surface area contributed by atoms with E-state index in [1.165, 1.54) is 6.42 Å². The highest BCUT2D eigenvalue weighted by molar-refractivity contribution is 4.99. The molecule has 2 rings (SSSR count). The second kappa shape index (κ2) is 6.53. The Morgan fingerprint density at radius 3 is 2.89 bits per heavy atom. The summed E-state index contributed by atoms with van der Waals surface area (Å²) in [7, 11) is 0. The van der Waals surface area contributed by atoms with Gasteiger partial charge in [-0.2, -0.15) is 5.10 Å². The fraction of sp³-hybridized carbons (Fsp3) is 0.800. The van der Waals surface area contributed by atoms with E-state index < -0.39 is 0 Å². The molecule has 4 nitrogen and oxygen atoms in total. The number of hydrogen-bond donors (Lipinski definition) is 1. The minimum Gasteiger partial charge on any atom is -0.368 e. The van der Waals surface area contributed by atoms with Crippen LogP contribution in [0, 0.1) is 0 Å². The molecule has 0 radical (unpaired) electrons. The standard InChI is InChI=1S/C15H27N3O/c1-4-14(5-2)18-10-7-13(17-18)11-19-15(3)8-6-9-16-12-15/h7,10,14,16H,4-6,8-9,11-12H2,1-3H3. The van der Waals surface area contributed by atoms with E-state index >= 15 is 0 Å². The van der Waals surface area contributed by atoms with Gasteiger partial charge in [-0.05, 0) is 45.2 Å². The molecule has 2 heterocycles. The predicted molar refractivity (Wildman–Crippen MR) is 77.1 cm³/mol. The Labute approximate surface area is 116 Å². The highest BCUT2D eigenvalue weighted by atomic mass is 16.5. The monoisotopic (exact) mass is 265 g/mol. The summed E-state index contributed by atoms with van der Waals surface area (Å²) in [4.78, 5) is 0. The van der Waals surface area contributed by atoms with E-state index in [4.69, 9.17) is 4.74 Å². The highest BCUT2D eigenvalue weighted by Crippen LogP contribution is 2.22. The van der Waals surface area contributed by atoms with Gasteiger partial charge < -0.3 is 10.1 Å². The summed E-state index contributed by atoms with van der Waals surface area (Å²) < 4.78 is 8.16. The lowest BCUT2D eigenvalue weighted by Gasteiger charge is -2.33. The van der Waals surface area contributed by atoms with Gasteiger partial charge in [0.25, 0.3) is 0 Å². The number of nitrogens with one attached hydrogen (secondary N) is 1. The van der Waals surface area contributed by atoms with E-state index in [2.05, 4.69) is 48.1 Å². The number of piperidine rings is 1.